The Balaban J connectivity index is 1.71. The van der Waals surface area contributed by atoms with Crippen LogP contribution in [0.15, 0.2) is 48.5 Å². The van der Waals surface area contributed by atoms with Gasteiger partial charge in [0.05, 0.1) is 12.8 Å². The number of nitrogens with zero attached hydrogens (tertiary/aromatic N) is 2. The number of rotatable bonds is 3. The summed E-state index contributed by atoms with van der Waals surface area (Å²) in [5.74, 6) is -0.379. The molecule has 1 fully saturated rings. The monoisotopic (exact) mass is 371 g/mol. The van der Waals surface area contributed by atoms with E-state index in [4.69, 9.17) is 0 Å². The Bertz CT molecular complexity index is 843. The van der Waals surface area contributed by atoms with Crippen molar-refractivity contribution < 1.29 is 18.7 Å². The Morgan fingerprint density at radius 3 is 2.63 bits per heavy atom. The lowest BCUT2D eigenvalue weighted by atomic mass is 10.1. The van der Waals surface area contributed by atoms with E-state index < -0.39 is 6.09 Å². The standard InChI is InChI=1S/C20H22FN3O3/c1-14-13-23(18-9-4-3-8-17(18)21)10-11-24(14)19(25)15-6-5-7-16(12-15)22-20(26)27-2/h3-9,12,14H,10-11,13H2,1-2H3,(H,22,26)/t14-/m0/s1. The molecule has 6 nitrogen and oxygen atoms in total. The van der Waals surface area contributed by atoms with Crippen LogP contribution in [0.2, 0.25) is 0 Å². The van der Waals surface area contributed by atoms with Gasteiger partial charge in [0.1, 0.15) is 5.82 Å². The van der Waals surface area contributed by atoms with Crippen molar-refractivity contribution in [3.8, 4) is 0 Å². The molecule has 1 heterocycles. The minimum absolute atomic E-state index is 0.0805. The summed E-state index contributed by atoms with van der Waals surface area (Å²) in [7, 11) is 1.28. The van der Waals surface area contributed by atoms with Crippen LogP contribution in [0.3, 0.4) is 0 Å². The highest BCUT2D eigenvalue weighted by Gasteiger charge is 2.29. The highest BCUT2D eigenvalue weighted by Crippen LogP contribution is 2.23. The summed E-state index contributed by atoms with van der Waals surface area (Å²) in [5.41, 5.74) is 1.53. The number of piperazine rings is 1. The minimum atomic E-state index is -0.591. The smallest absolute Gasteiger partial charge is 0.411 e. The number of ether oxygens (including phenoxy) is 1. The van der Waals surface area contributed by atoms with Crippen molar-refractivity contribution in [1.82, 2.24) is 4.90 Å². The molecule has 2 amide bonds. The van der Waals surface area contributed by atoms with Crippen molar-refractivity contribution in [2.24, 2.45) is 0 Å². The first-order valence-corrected chi connectivity index (χ1v) is 8.75. The molecular weight excluding hydrogens is 349 g/mol. The highest BCUT2D eigenvalue weighted by atomic mass is 19.1. The Morgan fingerprint density at radius 2 is 1.93 bits per heavy atom. The zero-order valence-electron chi connectivity index (χ0n) is 15.3. The maximum absolute atomic E-state index is 14.0. The maximum Gasteiger partial charge on any atom is 0.411 e. The number of carbonyl (C=O) groups is 2. The van der Waals surface area contributed by atoms with Crippen LogP contribution in [0.5, 0.6) is 0 Å². The normalized spacial score (nSPS) is 16.8. The lowest BCUT2D eigenvalue weighted by molar-refractivity contribution is 0.0674. The van der Waals surface area contributed by atoms with E-state index in [0.29, 0.717) is 36.6 Å². The molecule has 3 rings (SSSR count). The van der Waals surface area contributed by atoms with Gasteiger partial charge in [0, 0.05) is 36.9 Å². The fraction of sp³-hybridized carbons (Fsp3) is 0.300. The minimum Gasteiger partial charge on any atom is -0.453 e. The van der Waals surface area contributed by atoms with Crippen LogP contribution >= 0.6 is 0 Å². The van der Waals surface area contributed by atoms with Gasteiger partial charge in [-0.1, -0.05) is 18.2 Å². The second-order valence-electron chi connectivity index (χ2n) is 6.44. The summed E-state index contributed by atoms with van der Waals surface area (Å²) in [6.45, 7) is 3.54. The second-order valence-corrected chi connectivity index (χ2v) is 6.44. The number of methoxy groups -OCH3 is 1. The number of hydrogen-bond donors (Lipinski definition) is 1. The van der Waals surface area contributed by atoms with Crippen LogP contribution < -0.4 is 10.2 Å². The summed E-state index contributed by atoms with van der Waals surface area (Å²) >= 11 is 0. The van der Waals surface area contributed by atoms with Crippen LogP contribution in [0, 0.1) is 5.82 Å². The topological polar surface area (TPSA) is 61.9 Å². The molecule has 0 saturated carbocycles. The van der Waals surface area contributed by atoms with E-state index in [1.165, 1.54) is 13.2 Å². The quantitative estimate of drug-likeness (QED) is 0.899. The van der Waals surface area contributed by atoms with Crippen LogP contribution in [-0.2, 0) is 4.74 Å². The number of carbonyl (C=O) groups excluding carboxylic acids is 2. The van der Waals surface area contributed by atoms with Gasteiger partial charge in [-0.15, -0.1) is 0 Å². The SMILES string of the molecule is COC(=O)Nc1cccc(C(=O)N2CCN(c3ccccc3F)C[C@@H]2C)c1. The average molecular weight is 371 g/mol. The molecular formula is C20H22FN3O3. The van der Waals surface area contributed by atoms with E-state index >= 15 is 0 Å². The van der Waals surface area contributed by atoms with Gasteiger partial charge in [-0.05, 0) is 37.3 Å². The third-order valence-electron chi connectivity index (χ3n) is 4.62. The van der Waals surface area contributed by atoms with Crippen LogP contribution in [0.1, 0.15) is 17.3 Å². The van der Waals surface area contributed by atoms with Gasteiger partial charge in [-0.3, -0.25) is 10.1 Å². The molecule has 1 saturated heterocycles. The van der Waals surface area contributed by atoms with Gasteiger partial charge < -0.3 is 14.5 Å². The molecule has 142 valence electrons. The average Bonchev–Trinajstić information content (AvgIpc) is 2.68. The van der Waals surface area contributed by atoms with Crippen molar-refractivity contribution in [3.05, 3.63) is 59.9 Å². The maximum atomic E-state index is 14.0. The van der Waals surface area contributed by atoms with Gasteiger partial charge in [-0.2, -0.15) is 0 Å². The van der Waals surface area contributed by atoms with E-state index in [1.807, 2.05) is 11.8 Å². The van der Waals surface area contributed by atoms with Gasteiger partial charge in [0.2, 0.25) is 0 Å². The number of hydrogen-bond acceptors (Lipinski definition) is 4. The molecule has 27 heavy (non-hydrogen) atoms. The Labute approximate surface area is 157 Å². The number of benzene rings is 2. The number of halogens is 1. The molecule has 0 unspecified atom stereocenters. The molecule has 0 aromatic heterocycles. The Hall–Kier alpha value is -3.09. The molecule has 2 aromatic rings. The molecule has 0 spiro atoms. The lowest BCUT2D eigenvalue weighted by Gasteiger charge is -2.41. The van der Waals surface area contributed by atoms with E-state index in [9.17, 15) is 14.0 Å². The van der Waals surface area contributed by atoms with Gasteiger partial charge >= 0.3 is 6.09 Å². The van der Waals surface area contributed by atoms with E-state index in [2.05, 4.69) is 10.1 Å². The van der Waals surface area contributed by atoms with E-state index in [1.54, 1.807) is 47.4 Å². The molecule has 2 aromatic carbocycles. The molecule has 1 N–H and O–H groups in total. The van der Waals surface area contributed by atoms with Crippen LogP contribution in [-0.4, -0.2) is 49.7 Å². The molecule has 0 aliphatic carbocycles. The fourth-order valence-corrected chi connectivity index (χ4v) is 3.25. The van der Waals surface area contributed by atoms with Crippen molar-refractivity contribution in [2.75, 3.05) is 37.0 Å². The number of para-hydroxylation sites is 1. The Kier molecular flexibility index (Phi) is 5.59. The summed E-state index contributed by atoms with van der Waals surface area (Å²) in [6.07, 6.45) is -0.591. The molecule has 0 bridgehead atoms. The van der Waals surface area contributed by atoms with Crippen LogP contribution in [0.4, 0.5) is 20.6 Å². The summed E-state index contributed by atoms with van der Waals surface area (Å²) in [4.78, 5) is 28.0. The fourth-order valence-electron chi connectivity index (χ4n) is 3.25. The third kappa shape index (κ3) is 4.19. The summed E-state index contributed by atoms with van der Waals surface area (Å²) < 4.78 is 18.6. The first-order valence-electron chi connectivity index (χ1n) is 8.75. The highest BCUT2D eigenvalue weighted by molar-refractivity contribution is 5.96. The zero-order chi connectivity index (χ0) is 19.4. The number of nitrogens with one attached hydrogen (secondary N) is 1. The van der Waals surface area contributed by atoms with Crippen LogP contribution in [0.25, 0.3) is 0 Å². The number of anilines is 2. The molecule has 1 aliphatic rings. The molecule has 7 heteroatoms. The molecule has 1 aliphatic heterocycles. The predicted molar refractivity (Wildman–Crippen MR) is 102 cm³/mol. The first kappa shape index (κ1) is 18.7. The first-order chi connectivity index (χ1) is 13.0. The summed E-state index contributed by atoms with van der Waals surface area (Å²) in [6, 6.07) is 13.3. The van der Waals surface area contributed by atoms with Gasteiger partial charge in [0.15, 0.2) is 0 Å². The third-order valence-corrected chi connectivity index (χ3v) is 4.62. The largest absolute Gasteiger partial charge is 0.453 e. The zero-order valence-corrected chi connectivity index (χ0v) is 15.3. The molecule has 1 atom stereocenters. The summed E-state index contributed by atoms with van der Waals surface area (Å²) in [5, 5.41) is 2.55. The van der Waals surface area contributed by atoms with Crippen molar-refractivity contribution in [3.63, 3.8) is 0 Å². The van der Waals surface area contributed by atoms with Gasteiger partial charge in [0.25, 0.3) is 5.91 Å². The van der Waals surface area contributed by atoms with Crippen molar-refractivity contribution in [1.29, 1.82) is 0 Å². The number of amides is 2. The lowest BCUT2D eigenvalue weighted by Crippen LogP contribution is -2.54. The molecule has 0 radical (unpaired) electrons. The predicted octanol–water partition coefficient (Wildman–Crippen LogP) is 3.35. The second kappa shape index (κ2) is 8.07. The Morgan fingerprint density at radius 1 is 1.15 bits per heavy atom. The van der Waals surface area contributed by atoms with Crippen molar-refractivity contribution in [2.45, 2.75) is 13.0 Å². The van der Waals surface area contributed by atoms with E-state index in [-0.39, 0.29) is 17.8 Å². The van der Waals surface area contributed by atoms with Crippen molar-refractivity contribution >= 4 is 23.4 Å². The van der Waals surface area contributed by atoms with Gasteiger partial charge in [-0.25, -0.2) is 9.18 Å². The van der Waals surface area contributed by atoms with E-state index in [0.717, 1.165) is 0 Å².